The Morgan fingerprint density at radius 3 is 2.61 bits per heavy atom. The lowest BCUT2D eigenvalue weighted by Crippen LogP contribution is -2.52. The Morgan fingerprint density at radius 1 is 1.15 bits per heavy atom. The molecule has 3 atom stereocenters. The van der Waals surface area contributed by atoms with Crippen LogP contribution in [0.15, 0.2) is 24.3 Å². The molecule has 0 aromatic heterocycles. The van der Waals surface area contributed by atoms with Crippen LogP contribution in [0.1, 0.15) is 44.9 Å². The van der Waals surface area contributed by atoms with Crippen molar-refractivity contribution in [1.29, 1.82) is 0 Å². The van der Waals surface area contributed by atoms with Gasteiger partial charge >= 0.3 is 6.03 Å². The summed E-state index contributed by atoms with van der Waals surface area (Å²) in [5, 5.41) is 18.4. The minimum absolute atomic E-state index is 0.0488. The first-order valence-corrected chi connectivity index (χ1v) is 12.0. The van der Waals surface area contributed by atoms with Gasteiger partial charge in [-0.1, -0.05) is 6.42 Å². The summed E-state index contributed by atoms with van der Waals surface area (Å²) >= 11 is 0. The van der Waals surface area contributed by atoms with Crippen molar-refractivity contribution in [3.05, 3.63) is 24.3 Å². The fourth-order valence-electron chi connectivity index (χ4n) is 4.42. The minimum atomic E-state index is -0.472. The number of nitrogens with zero attached hydrogens (tertiary/aromatic N) is 1. The van der Waals surface area contributed by atoms with Crippen molar-refractivity contribution in [2.24, 2.45) is 0 Å². The van der Waals surface area contributed by atoms with Crippen LogP contribution >= 0.6 is 0 Å². The number of rotatable bonds is 10. The molecule has 3 amide bonds. The van der Waals surface area contributed by atoms with Crippen LogP contribution in [0.3, 0.4) is 0 Å². The number of aliphatic hydroxyl groups is 1. The Morgan fingerprint density at radius 2 is 1.91 bits per heavy atom. The highest BCUT2D eigenvalue weighted by Gasteiger charge is 2.31. The molecule has 184 valence electrons. The number of amides is 3. The summed E-state index contributed by atoms with van der Waals surface area (Å²) in [6.07, 6.45) is 5.91. The highest BCUT2D eigenvalue weighted by molar-refractivity contribution is 5.89. The number of carbonyl (C=O) groups excluding carboxylic acids is 2. The SMILES string of the molecule is COc1ccc(NC(=O)N[C@@H]2CC[C@H](CCNC(=O)CCN3CCCCC3)O[C@@H]2CO)cc1. The van der Waals surface area contributed by atoms with Crippen molar-refractivity contribution < 1.29 is 24.2 Å². The molecule has 2 heterocycles. The highest BCUT2D eigenvalue weighted by Crippen LogP contribution is 2.22. The summed E-state index contributed by atoms with van der Waals surface area (Å²) < 4.78 is 11.1. The predicted molar refractivity (Wildman–Crippen MR) is 126 cm³/mol. The molecule has 9 heteroatoms. The number of likely N-dealkylation sites (tertiary alicyclic amines) is 1. The summed E-state index contributed by atoms with van der Waals surface area (Å²) in [5.41, 5.74) is 0.652. The highest BCUT2D eigenvalue weighted by atomic mass is 16.5. The van der Waals surface area contributed by atoms with Crippen LogP contribution in [0.4, 0.5) is 10.5 Å². The molecule has 2 aliphatic rings. The third-order valence-corrected chi connectivity index (χ3v) is 6.35. The molecule has 1 aromatic rings. The topological polar surface area (TPSA) is 112 Å². The first-order valence-electron chi connectivity index (χ1n) is 12.0. The fraction of sp³-hybridized carbons (Fsp3) is 0.667. The van der Waals surface area contributed by atoms with Gasteiger partial charge in [0.2, 0.25) is 5.91 Å². The van der Waals surface area contributed by atoms with E-state index in [1.54, 1.807) is 31.4 Å². The van der Waals surface area contributed by atoms with E-state index in [0.717, 1.165) is 26.1 Å². The normalized spacial score (nSPS) is 23.5. The van der Waals surface area contributed by atoms with Gasteiger partial charge in [-0.15, -0.1) is 0 Å². The van der Waals surface area contributed by atoms with Gasteiger partial charge in [-0.05, 0) is 69.5 Å². The quantitative estimate of drug-likeness (QED) is 0.424. The maximum Gasteiger partial charge on any atom is 0.319 e. The van der Waals surface area contributed by atoms with Gasteiger partial charge in [0, 0.05) is 25.2 Å². The van der Waals surface area contributed by atoms with Crippen LogP contribution in [0.5, 0.6) is 5.75 Å². The van der Waals surface area contributed by atoms with E-state index in [1.165, 1.54) is 19.3 Å². The van der Waals surface area contributed by atoms with Crippen LogP contribution < -0.4 is 20.7 Å². The number of hydrogen-bond acceptors (Lipinski definition) is 6. The van der Waals surface area contributed by atoms with Gasteiger partial charge in [0.15, 0.2) is 0 Å². The van der Waals surface area contributed by atoms with E-state index in [2.05, 4.69) is 20.9 Å². The number of methoxy groups -OCH3 is 1. The average molecular weight is 463 g/mol. The lowest BCUT2D eigenvalue weighted by atomic mass is 9.97. The number of nitrogens with one attached hydrogen (secondary N) is 3. The lowest BCUT2D eigenvalue weighted by molar-refractivity contribution is -0.122. The molecule has 0 aliphatic carbocycles. The Hall–Kier alpha value is -2.36. The number of aliphatic hydroxyl groups excluding tert-OH is 1. The van der Waals surface area contributed by atoms with Crippen molar-refractivity contribution in [2.45, 2.75) is 63.2 Å². The standard InChI is InChI=1S/C24H38N4O5/c1-32-19-7-5-18(6-8-19)26-24(31)27-21-10-9-20(33-22(21)17-29)11-13-25-23(30)12-16-28-14-3-2-4-15-28/h5-8,20-22,29H,2-4,9-17H2,1H3,(H,25,30)(H2,26,27,31)/t20-,21-,22-/m1/s1. The summed E-state index contributed by atoms with van der Waals surface area (Å²) in [6, 6.07) is 6.45. The van der Waals surface area contributed by atoms with E-state index >= 15 is 0 Å². The smallest absolute Gasteiger partial charge is 0.319 e. The van der Waals surface area contributed by atoms with E-state index in [1.807, 2.05) is 0 Å². The molecule has 0 spiro atoms. The first kappa shape index (κ1) is 25.3. The second-order valence-electron chi connectivity index (χ2n) is 8.78. The van der Waals surface area contributed by atoms with Gasteiger partial charge in [0.05, 0.1) is 25.9 Å². The fourth-order valence-corrected chi connectivity index (χ4v) is 4.42. The van der Waals surface area contributed by atoms with Crippen LogP contribution in [-0.4, -0.2) is 80.1 Å². The molecule has 0 radical (unpaired) electrons. The second-order valence-corrected chi connectivity index (χ2v) is 8.78. The van der Waals surface area contributed by atoms with Crippen molar-refractivity contribution >= 4 is 17.6 Å². The second kappa shape index (κ2) is 13.4. The molecule has 4 N–H and O–H groups in total. The predicted octanol–water partition coefficient (Wildman–Crippen LogP) is 2.11. The molecule has 0 bridgehead atoms. The maximum absolute atomic E-state index is 12.4. The number of ether oxygens (including phenoxy) is 2. The van der Waals surface area contributed by atoms with E-state index < -0.39 is 6.10 Å². The largest absolute Gasteiger partial charge is 0.497 e. The van der Waals surface area contributed by atoms with E-state index in [9.17, 15) is 14.7 Å². The molecule has 9 nitrogen and oxygen atoms in total. The van der Waals surface area contributed by atoms with Gasteiger partial charge in [0.25, 0.3) is 0 Å². The number of piperidine rings is 1. The Labute approximate surface area is 196 Å². The number of anilines is 1. The molecule has 33 heavy (non-hydrogen) atoms. The van der Waals surface area contributed by atoms with Crippen molar-refractivity contribution in [1.82, 2.24) is 15.5 Å². The molecular weight excluding hydrogens is 424 g/mol. The third kappa shape index (κ3) is 8.49. The molecule has 3 rings (SSSR count). The van der Waals surface area contributed by atoms with Gasteiger partial charge in [-0.25, -0.2) is 4.79 Å². The number of hydrogen-bond donors (Lipinski definition) is 4. The Bertz CT molecular complexity index is 739. The zero-order chi connectivity index (χ0) is 23.5. The summed E-state index contributed by atoms with van der Waals surface area (Å²) in [4.78, 5) is 26.8. The molecule has 2 fully saturated rings. The average Bonchev–Trinajstić information content (AvgIpc) is 2.84. The van der Waals surface area contributed by atoms with Crippen LogP contribution in [0, 0.1) is 0 Å². The monoisotopic (exact) mass is 462 g/mol. The van der Waals surface area contributed by atoms with Gasteiger partial charge in [-0.2, -0.15) is 0 Å². The van der Waals surface area contributed by atoms with Gasteiger partial charge < -0.3 is 35.4 Å². The van der Waals surface area contributed by atoms with Crippen molar-refractivity contribution in [3.8, 4) is 5.75 Å². The number of carbonyl (C=O) groups is 2. The van der Waals surface area contributed by atoms with Gasteiger partial charge in [0.1, 0.15) is 11.9 Å². The van der Waals surface area contributed by atoms with E-state index in [4.69, 9.17) is 9.47 Å². The molecule has 0 saturated carbocycles. The summed E-state index contributed by atoms with van der Waals surface area (Å²) in [7, 11) is 1.59. The van der Waals surface area contributed by atoms with Gasteiger partial charge in [-0.3, -0.25) is 4.79 Å². The molecular formula is C24H38N4O5. The number of benzene rings is 1. The Kier molecular flexibility index (Phi) is 10.2. The van der Waals surface area contributed by atoms with Crippen LogP contribution in [0.25, 0.3) is 0 Å². The van der Waals surface area contributed by atoms with Crippen molar-refractivity contribution in [3.63, 3.8) is 0 Å². The Balaban J connectivity index is 1.33. The zero-order valence-electron chi connectivity index (χ0n) is 19.6. The third-order valence-electron chi connectivity index (χ3n) is 6.35. The minimum Gasteiger partial charge on any atom is -0.497 e. The first-order chi connectivity index (χ1) is 16.1. The van der Waals surface area contributed by atoms with E-state index in [0.29, 0.717) is 37.2 Å². The van der Waals surface area contributed by atoms with Crippen LogP contribution in [0.2, 0.25) is 0 Å². The molecule has 0 unspecified atom stereocenters. The van der Waals surface area contributed by atoms with Crippen molar-refractivity contribution in [2.75, 3.05) is 45.2 Å². The summed E-state index contributed by atoms with van der Waals surface area (Å²) in [6.45, 7) is 3.40. The number of urea groups is 1. The molecule has 2 aliphatic heterocycles. The zero-order valence-corrected chi connectivity index (χ0v) is 19.6. The molecule has 1 aromatic carbocycles. The van der Waals surface area contributed by atoms with Crippen LogP contribution in [-0.2, 0) is 9.53 Å². The molecule has 2 saturated heterocycles. The summed E-state index contributed by atoms with van der Waals surface area (Å²) in [5.74, 6) is 0.788. The lowest BCUT2D eigenvalue weighted by Gasteiger charge is -2.36. The van der Waals surface area contributed by atoms with E-state index in [-0.39, 0.29) is 30.7 Å². The maximum atomic E-state index is 12.4.